The van der Waals surface area contributed by atoms with Crippen molar-refractivity contribution in [1.29, 1.82) is 0 Å². The molecule has 1 nitrogen and oxygen atoms in total. The van der Waals surface area contributed by atoms with Crippen molar-refractivity contribution in [3.63, 3.8) is 0 Å². The van der Waals surface area contributed by atoms with E-state index in [9.17, 15) is 0 Å². The smallest absolute Gasteiger partial charge is 0.0357 e. The molecule has 1 heteroatoms. The summed E-state index contributed by atoms with van der Waals surface area (Å²) in [4.78, 5) is 0. The first-order valence-electron chi connectivity index (χ1n) is 4.28. The summed E-state index contributed by atoms with van der Waals surface area (Å²) in [5.74, 6) is 0. The highest BCUT2D eigenvalue weighted by Crippen LogP contribution is 2.24. The van der Waals surface area contributed by atoms with Gasteiger partial charge < -0.3 is 5.73 Å². The van der Waals surface area contributed by atoms with Crippen LogP contribution in [0.25, 0.3) is 0 Å². The molecule has 0 aliphatic rings. The van der Waals surface area contributed by atoms with Crippen LogP contribution >= 0.6 is 0 Å². The maximum absolute atomic E-state index is 6.06. The molecule has 0 fully saturated rings. The van der Waals surface area contributed by atoms with Crippen LogP contribution in [0.3, 0.4) is 0 Å². The van der Waals surface area contributed by atoms with Crippen LogP contribution in [-0.4, -0.2) is 0 Å². The molecule has 0 saturated heterocycles. The molecule has 0 aliphatic heterocycles. The molecular weight excluding hydrogens is 146 g/mol. The van der Waals surface area contributed by atoms with E-state index in [0.29, 0.717) is 0 Å². The van der Waals surface area contributed by atoms with Crippen molar-refractivity contribution >= 4 is 0 Å². The molecule has 0 heterocycles. The van der Waals surface area contributed by atoms with Crippen LogP contribution in [0, 0.1) is 13.8 Å². The Morgan fingerprint density at radius 1 is 1.08 bits per heavy atom. The van der Waals surface area contributed by atoms with Crippen LogP contribution in [0.1, 0.15) is 30.5 Å². The largest absolute Gasteiger partial charge is 0.322 e. The Bertz CT molecular complexity index is 261. The van der Waals surface area contributed by atoms with Crippen molar-refractivity contribution in [2.24, 2.45) is 5.73 Å². The first-order valence-corrected chi connectivity index (χ1v) is 4.28. The molecule has 0 spiro atoms. The quantitative estimate of drug-likeness (QED) is 0.676. The minimum absolute atomic E-state index is 0.227. The molecule has 0 aliphatic carbocycles. The van der Waals surface area contributed by atoms with Gasteiger partial charge in [-0.1, -0.05) is 18.2 Å². The highest BCUT2D eigenvalue weighted by Gasteiger charge is 2.18. The summed E-state index contributed by atoms with van der Waals surface area (Å²) in [6, 6.07) is 6.29. The van der Waals surface area contributed by atoms with Crippen molar-refractivity contribution in [3.8, 4) is 0 Å². The predicted molar refractivity (Wildman–Crippen MR) is 53.1 cm³/mol. The van der Waals surface area contributed by atoms with Crippen molar-refractivity contribution in [3.05, 3.63) is 34.9 Å². The fourth-order valence-corrected chi connectivity index (χ4v) is 1.83. The molecule has 0 bridgehead atoms. The van der Waals surface area contributed by atoms with Gasteiger partial charge in [0.2, 0.25) is 0 Å². The second-order valence-corrected chi connectivity index (χ2v) is 3.99. The molecule has 0 saturated carbocycles. The number of hydrogen-bond acceptors (Lipinski definition) is 1. The standard InChI is InChI=1S/C11H17N/c1-8-6-5-7-9(2)10(8)11(3,4)12/h5-7H,12H2,1-4H3. The molecule has 1 aromatic carbocycles. The maximum atomic E-state index is 6.06. The van der Waals surface area contributed by atoms with E-state index in [1.54, 1.807) is 0 Å². The van der Waals surface area contributed by atoms with E-state index in [2.05, 4.69) is 32.0 Å². The third-order valence-electron chi connectivity index (χ3n) is 2.13. The minimum Gasteiger partial charge on any atom is -0.322 e. The second-order valence-electron chi connectivity index (χ2n) is 3.99. The SMILES string of the molecule is Cc1cccc(C)c1C(C)(C)N. The summed E-state index contributed by atoms with van der Waals surface area (Å²) < 4.78 is 0. The Labute approximate surface area is 74.6 Å². The van der Waals surface area contributed by atoms with Crippen LogP contribution in [-0.2, 0) is 5.54 Å². The molecule has 0 amide bonds. The van der Waals surface area contributed by atoms with E-state index in [0.717, 1.165) is 0 Å². The third-order valence-corrected chi connectivity index (χ3v) is 2.13. The Hall–Kier alpha value is -0.820. The average Bonchev–Trinajstić information content (AvgIpc) is 1.82. The lowest BCUT2D eigenvalue weighted by Gasteiger charge is -2.23. The first-order chi connectivity index (χ1) is 5.43. The van der Waals surface area contributed by atoms with Crippen LogP contribution in [0.2, 0.25) is 0 Å². The molecular formula is C11H17N. The molecule has 1 rings (SSSR count). The normalized spacial score (nSPS) is 11.8. The minimum atomic E-state index is -0.227. The number of benzene rings is 1. The van der Waals surface area contributed by atoms with Gasteiger partial charge in [-0.2, -0.15) is 0 Å². The van der Waals surface area contributed by atoms with Crippen LogP contribution < -0.4 is 5.73 Å². The molecule has 0 radical (unpaired) electrons. The van der Waals surface area contributed by atoms with Crippen molar-refractivity contribution < 1.29 is 0 Å². The molecule has 66 valence electrons. The molecule has 2 N–H and O–H groups in total. The number of hydrogen-bond donors (Lipinski definition) is 1. The van der Waals surface area contributed by atoms with E-state index in [1.165, 1.54) is 16.7 Å². The Kier molecular flexibility index (Phi) is 2.25. The van der Waals surface area contributed by atoms with E-state index < -0.39 is 0 Å². The van der Waals surface area contributed by atoms with Gasteiger partial charge in [0, 0.05) is 5.54 Å². The molecule has 1 aromatic rings. The third kappa shape index (κ3) is 1.67. The highest BCUT2D eigenvalue weighted by molar-refractivity contribution is 5.38. The predicted octanol–water partition coefficient (Wildman–Crippen LogP) is 2.50. The monoisotopic (exact) mass is 163 g/mol. The Morgan fingerprint density at radius 2 is 1.50 bits per heavy atom. The Morgan fingerprint density at radius 3 is 1.75 bits per heavy atom. The lowest BCUT2D eigenvalue weighted by molar-refractivity contribution is 0.547. The van der Waals surface area contributed by atoms with Gasteiger partial charge in [0.1, 0.15) is 0 Å². The van der Waals surface area contributed by atoms with Crippen molar-refractivity contribution in [1.82, 2.24) is 0 Å². The van der Waals surface area contributed by atoms with Gasteiger partial charge in [0.15, 0.2) is 0 Å². The average molecular weight is 163 g/mol. The van der Waals surface area contributed by atoms with Crippen molar-refractivity contribution in [2.75, 3.05) is 0 Å². The lowest BCUT2D eigenvalue weighted by atomic mass is 9.88. The Balaban J connectivity index is 3.31. The fourth-order valence-electron chi connectivity index (χ4n) is 1.83. The van der Waals surface area contributed by atoms with E-state index >= 15 is 0 Å². The number of nitrogens with two attached hydrogens (primary N) is 1. The zero-order chi connectivity index (χ0) is 9.35. The van der Waals surface area contributed by atoms with E-state index in [1.807, 2.05) is 13.8 Å². The van der Waals surface area contributed by atoms with Crippen LogP contribution in [0.5, 0.6) is 0 Å². The van der Waals surface area contributed by atoms with Crippen LogP contribution in [0.15, 0.2) is 18.2 Å². The maximum Gasteiger partial charge on any atom is 0.0357 e. The molecule has 0 atom stereocenters. The summed E-state index contributed by atoms with van der Waals surface area (Å²) in [7, 11) is 0. The van der Waals surface area contributed by atoms with Crippen molar-refractivity contribution in [2.45, 2.75) is 33.2 Å². The van der Waals surface area contributed by atoms with Gasteiger partial charge >= 0.3 is 0 Å². The highest BCUT2D eigenvalue weighted by atomic mass is 14.7. The molecule has 0 aromatic heterocycles. The van der Waals surface area contributed by atoms with E-state index in [4.69, 9.17) is 5.73 Å². The van der Waals surface area contributed by atoms with Crippen LogP contribution in [0.4, 0.5) is 0 Å². The number of rotatable bonds is 1. The molecule has 12 heavy (non-hydrogen) atoms. The second kappa shape index (κ2) is 2.91. The van der Waals surface area contributed by atoms with Gasteiger partial charge in [-0.15, -0.1) is 0 Å². The lowest BCUT2D eigenvalue weighted by Crippen LogP contribution is -2.30. The first kappa shape index (κ1) is 9.27. The van der Waals surface area contributed by atoms with Gasteiger partial charge in [-0.05, 0) is 44.4 Å². The van der Waals surface area contributed by atoms with Gasteiger partial charge in [0.05, 0.1) is 0 Å². The molecule has 0 unspecified atom stereocenters. The van der Waals surface area contributed by atoms with Gasteiger partial charge in [0.25, 0.3) is 0 Å². The summed E-state index contributed by atoms with van der Waals surface area (Å²) in [6.07, 6.45) is 0. The topological polar surface area (TPSA) is 26.0 Å². The summed E-state index contributed by atoms with van der Waals surface area (Å²) in [6.45, 7) is 8.30. The van der Waals surface area contributed by atoms with Gasteiger partial charge in [-0.3, -0.25) is 0 Å². The van der Waals surface area contributed by atoms with Gasteiger partial charge in [-0.25, -0.2) is 0 Å². The summed E-state index contributed by atoms with van der Waals surface area (Å²) >= 11 is 0. The fraction of sp³-hybridized carbons (Fsp3) is 0.455. The summed E-state index contributed by atoms with van der Waals surface area (Å²) in [5, 5.41) is 0. The zero-order valence-electron chi connectivity index (χ0n) is 8.31. The van der Waals surface area contributed by atoms with E-state index in [-0.39, 0.29) is 5.54 Å². The summed E-state index contributed by atoms with van der Waals surface area (Å²) in [5.41, 5.74) is 9.66. The zero-order valence-corrected chi connectivity index (χ0v) is 8.31. The number of aryl methyl sites for hydroxylation is 2.